The van der Waals surface area contributed by atoms with Crippen LogP contribution < -0.4 is 0 Å². The Morgan fingerprint density at radius 3 is 3.00 bits per heavy atom. The maximum absolute atomic E-state index is 12.3. The molecule has 0 amide bonds. The van der Waals surface area contributed by atoms with Crippen LogP contribution in [0.25, 0.3) is 0 Å². The Kier molecular flexibility index (Phi) is 9.41. The lowest BCUT2D eigenvalue weighted by Gasteiger charge is -2.26. The molecule has 6 heteroatoms. The van der Waals surface area contributed by atoms with E-state index in [9.17, 15) is 9.90 Å². The first-order valence-electron chi connectivity index (χ1n) is 7.93. The molecular weight excluding hydrogens is 334 g/mol. The van der Waals surface area contributed by atoms with Crippen molar-refractivity contribution in [2.24, 2.45) is 17.0 Å². The number of hydrogen-bond acceptors (Lipinski definition) is 5. The second-order valence-corrected chi connectivity index (χ2v) is 7.73. The van der Waals surface area contributed by atoms with Gasteiger partial charge in [0.1, 0.15) is 12.4 Å². The second-order valence-electron chi connectivity index (χ2n) is 5.76. The molecule has 0 bridgehead atoms. The van der Waals surface area contributed by atoms with E-state index in [-0.39, 0.29) is 24.1 Å². The third-order valence-corrected chi connectivity index (χ3v) is 4.95. The number of carbonyl (C=O) groups excluding carboxylic acids is 1. The van der Waals surface area contributed by atoms with Crippen molar-refractivity contribution >= 4 is 34.9 Å². The average molecular weight is 360 g/mol. The van der Waals surface area contributed by atoms with E-state index >= 15 is 0 Å². The van der Waals surface area contributed by atoms with Gasteiger partial charge in [0.15, 0.2) is 0 Å². The molecular formula is C17H26ClNO3S. The fourth-order valence-electron chi connectivity index (χ4n) is 2.69. The molecule has 0 aromatic carbocycles. The molecule has 1 N–H and O–H groups in total. The van der Waals surface area contributed by atoms with Crippen LogP contribution in [0.4, 0.5) is 0 Å². The van der Waals surface area contributed by atoms with Crippen LogP contribution >= 0.6 is 23.4 Å². The highest BCUT2D eigenvalue weighted by atomic mass is 35.5. The first kappa shape index (κ1) is 20.1. The van der Waals surface area contributed by atoms with Crippen molar-refractivity contribution < 1.29 is 14.7 Å². The summed E-state index contributed by atoms with van der Waals surface area (Å²) < 4.78 is 0. The molecule has 0 aliphatic heterocycles. The molecule has 130 valence electrons. The van der Waals surface area contributed by atoms with Gasteiger partial charge in [0.25, 0.3) is 0 Å². The van der Waals surface area contributed by atoms with Crippen LogP contribution in [-0.2, 0) is 9.63 Å². The first-order chi connectivity index (χ1) is 11.0. The summed E-state index contributed by atoms with van der Waals surface area (Å²) in [6, 6.07) is 0. The van der Waals surface area contributed by atoms with E-state index in [2.05, 4.69) is 19.0 Å². The normalized spacial score (nSPS) is 23.9. The molecule has 0 spiro atoms. The summed E-state index contributed by atoms with van der Waals surface area (Å²) in [5.41, 5.74) is 2.04. The third-order valence-electron chi connectivity index (χ3n) is 3.68. The van der Waals surface area contributed by atoms with E-state index in [0.29, 0.717) is 23.8 Å². The van der Waals surface area contributed by atoms with Crippen molar-refractivity contribution in [3.63, 3.8) is 0 Å². The minimum absolute atomic E-state index is 0.0823. The zero-order valence-corrected chi connectivity index (χ0v) is 15.6. The summed E-state index contributed by atoms with van der Waals surface area (Å²) in [7, 11) is 0. The number of ketones is 1. The topological polar surface area (TPSA) is 58.9 Å². The fourth-order valence-corrected chi connectivity index (χ4v) is 3.72. The standard InChI is InChI=1S/C17H26ClNO3S/c1-4-23-13(3)9-14-10-16(20)15(17(21)11-14)8-12(2)19-22-7-5-6-18/h5-6,10,13-15,20H,4,7-9,11H2,1-3H3/b6-5+,19-12?. The van der Waals surface area contributed by atoms with Gasteiger partial charge in [-0.25, -0.2) is 0 Å². The first-order valence-corrected chi connectivity index (χ1v) is 9.42. The zero-order chi connectivity index (χ0) is 17.2. The fraction of sp³-hybridized carbons (Fsp3) is 0.647. The maximum atomic E-state index is 12.3. The van der Waals surface area contributed by atoms with E-state index in [1.54, 1.807) is 13.0 Å². The summed E-state index contributed by atoms with van der Waals surface area (Å²) in [4.78, 5) is 17.4. The van der Waals surface area contributed by atoms with Gasteiger partial charge in [-0.05, 0) is 37.2 Å². The number of carbonyl (C=O) groups is 1. The summed E-state index contributed by atoms with van der Waals surface area (Å²) in [5, 5.41) is 14.6. The maximum Gasteiger partial charge on any atom is 0.144 e. The van der Waals surface area contributed by atoms with Crippen LogP contribution in [0.1, 0.15) is 40.0 Å². The Balaban J connectivity index is 2.59. The molecule has 0 aromatic rings. The van der Waals surface area contributed by atoms with Gasteiger partial charge in [-0.1, -0.05) is 30.6 Å². The van der Waals surface area contributed by atoms with E-state index in [1.165, 1.54) is 5.54 Å². The van der Waals surface area contributed by atoms with Crippen LogP contribution in [0.15, 0.2) is 28.6 Å². The largest absolute Gasteiger partial charge is 0.512 e. The van der Waals surface area contributed by atoms with Gasteiger partial charge in [0.05, 0.1) is 17.4 Å². The van der Waals surface area contributed by atoms with Crippen molar-refractivity contribution in [3.8, 4) is 0 Å². The molecule has 1 aliphatic carbocycles. The molecule has 0 aromatic heterocycles. The smallest absolute Gasteiger partial charge is 0.144 e. The highest BCUT2D eigenvalue weighted by molar-refractivity contribution is 7.99. The predicted octanol–water partition coefficient (Wildman–Crippen LogP) is 4.70. The highest BCUT2D eigenvalue weighted by Gasteiger charge is 2.31. The van der Waals surface area contributed by atoms with E-state index < -0.39 is 5.92 Å². The monoisotopic (exact) mass is 359 g/mol. The molecule has 3 atom stereocenters. The van der Waals surface area contributed by atoms with Gasteiger partial charge >= 0.3 is 0 Å². The van der Waals surface area contributed by atoms with Crippen molar-refractivity contribution in [2.75, 3.05) is 12.4 Å². The third kappa shape index (κ3) is 7.44. The van der Waals surface area contributed by atoms with E-state index in [4.69, 9.17) is 16.4 Å². The number of halogens is 1. The lowest BCUT2D eigenvalue weighted by molar-refractivity contribution is -0.123. The lowest BCUT2D eigenvalue weighted by Crippen LogP contribution is -2.27. The molecule has 23 heavy (non-hydrogen) atoms. The Morgan fingerprint density at radius 1 is 1.65 bits per heavy atom. The Bertz CT molecular complexity index is 476. The minimum Gasteiger partial charge on any atom is -0.512 e. The Morgan fingerprint density at radius 2 is 2.39 bits per heavy atom. The van der Waals surface area contributed by atoms with Crippen LogP contribution in [-0.4, -0.2) is 34.2 Å². The number of aliphatic hydroxyl groups is 1. The molecule has 0 fully saturated rings. The molecule has 1 rings (SSSR count). The number of hydrogen-bond donors (Lipinski definition) is 1. The molecule has 3 unspecified atom stereocenters. The number of allylic oxidation sites excluding steroid dienone is 2. The number of thioether (sulfide) groups is 1. The quantitative estimate of drug-likeness (QED) is 0.368. The summed E-state index contributed by atoms with van der Waals surface area (Å²) >= 11 is 7.26. The summed E-state index contributed by atoms with van der Waals surface area (Å²) in [6.07, 6.45) is 5.27. The molecule has 0 radical (unpaired) electrons. The SMILES string of the molecule is CCSC(C)CC1C=C(O)C(CC(C)=NOC/C=C/Cl)C(=O)C1. The van der Waals surface area contributed by atoms with E-state index in [1.807, 2.05) is 17.8 Å². The number of nitrogens with zero attached hydrogens (tertiary/aromatic N) is 1. The van der Waals surface area contributed by atoms with Gasteiger partial charge in [0, 0.05) is 23.6 Å². The van der Waals surface area contributed by atoms with Gasteiger partial charge in [-0.2, -0.15) is 11.8 Å². The Labute approximate surface area is 148 Å². The highest BCUT2D eigenvalue weighted by Crippen LogP contribution is 2.31. The molecule has 0 heterocycles. The molecule has 0 saturated carbocycles. The number of rotatable bonds is 9. The molecule has 4 nitrogen and oxygen atoms in total. The zero-order valence-electron chi connectivity index (χ0n) is 14.0. The van der Waals surface area contributed by atoms with Gasteiger partial charge in [-0.3, -0.25) is 4.79 Å². The minimum atomic E-state index is -0.490. The predicted molar refractivity (Wildman–Crippen MR) is 98.2 cm³/mol. The molecule has 1 aliphatic rings. The van der Waals surface area contributed by atoms with Crippen LogP contribution in [0.2, 0.25) is 0 Å². The second kappa shape index (κ2) is 10.8. The van der Waals surface area contributed by atoms with Crippen LogP contribution in [0, 0.1) is 11.8 Å². The van der Waals surface area contributed by atoms with Crippen molar-refractivity contribution in [2.45, 2.75) is 45.3 Å². The molecule has 0 saturated heterocycles. The Hall–Kier alpha value is -0.940. The van der Waals surface area contributed by atoms with Gasteiger partial charge in [-0.15, -0.1) is 0 Å². The van der Waals surface area contributed by atoms with Crippen molar-refractivity contribution in [1.29, 1.82) is 0 Å². The van der Waals surface area contributed by atoms with Crippen LogP contribution in [0.3, 0.4) is 0 Å². The summed E-state index contributed by atoms with van der Waals surface area (Å²) in [5.74, 6) is 0.967. The number of aliphatic hydroxyl groups excluding tert-OH is 1. The summed E-state index contributed by atoms with van der Waals surface area (Å²) in [6.45, 7) is 6.37. The van der Waals surface area contributed by atoms with Gasteiger partial charge in [0.2, 0.25) is 0 Å². The van der Waals surface area contributed by atoms with Crippen molar-refractivity contribution in [3.05, 3.63) is 23.4 Å². The van der Waals surface area contributed by atoms with Crippen LogP contribution in [0.5, 0.6) is 0 Å². The average Bonchev–Trinajstić information content (AvgIpc) is 2.47. The van der Waals surface area contributed by atoms with Crippen molar-refractivity contribution in [1.82, 2.24) is 0 Å². The lowest BCUT2D eigenvalue weighted by atomic mass is 9.81. The number of oxime groups is 1. The van der Waals surface area contributed by atoms with E-state index in [0.717, 1.165) is 12.2 Å². The van der Waals surface area contributed by atoms with Gasteiger partial charge < -0.3 is 9.94 Å². The number of Topliss-reactive ketones (excluding diaryl/α,β-unsaturated/α-hetero) is 1.